The number of hydrogen-bond acceptors (Lipinski definition) is 0. The Bertz CT molecular complexity index is 2070. The minimum absolute atomic E-state index is 0. The molecule has 0 amide bonds. The summed E-state index contributed by atoms with van der Waals surface area (Å²) in [6.07, 6.45) is 0. The molecule has 4 heteroatoms. The Balaban J connectivity index is 0.000000345. The molecule has 0 aliphatic rings. The van der Waals surface area contributed by atoms with Gasteiger partial charge in [0.05, 0.1) is 0 Å². The fraction of sp³-hybridized carbons (Fsp3) is 0.240. The van der Waals surface area contributed by atoms with E-state index in [0.29, 0.717) is 0 Å². The summed E-state index contributed by atoms with van der Waals surface area (Å²) in [5, 5.41) is 11.1. The van der Waals surface area contributed by atoms with Crippen LogP contribution in [-0.2, 0) is 39.9 Å². The van der Waals surface area contributed by atoms with E-state index in [2.05, 4.69) is 190 Å². The third kappa shape index (κ3) is 12.0. The van der Waals surface area contributed by atoms with E-state index in [0.717, 1.165) is 0 Å². The molecule has 0 atom stereocenters. The van der Waals surface area contributed by atoms with E-state index in [-0.39, 0.29) is 24.8 Å². The van der Waals surface area contributed by atoms with Crippen LogP contribution in [0.1, 0.15) is 66.8 Å². The van der Waals surface area contributed by atoms with Gasteiger partial charge in [-0.25, -0.2) is 0 Å². The van der Waals surface area contributed by atoms with Gasteiger partial charge in [-0.05, 0) is 27.7 Å². The second-order valence-electron chi connectivity index (χ2n) is 14.2. The van der Waals surface area contributed by atoms with Crippen molar-refractivity contribution in [3.05, 3.63) is 164 Å². The smallest absolute Gasteiger partial charge is 1.00 e. The summed E-state index contributed by atoms with van der Waals surface area (Å²) in [5.74, 6) is 0. The number of benzene rings is 4. The van der Waals surface area contributed by atoms with E-state index in [4.69, 9.17) is 0 Å². The maximum absolute atomic E-state index is 3.25. The normalized spacial score (nSPS) is 9.93. The molecule has 8 aromatic carbocycles. The first-order chi connectivity index (χ1) is 24.7. The first-order valence-corrected chi connectivity index (χ1v) is 20.2. The molecule has 0 unspecified atom stereocenters. The molecule has 0 aliphatic heterocycles. The molecular formula is C50H56Cl2Ti2-2. The van der Waals surface area contributed by atoms with Crippen LogP contribution in [0.15, 0.2) is 97.1 Å². The molecule has 0 heterocycles. The summed E-state index contributed by atoms with van der Waals surface area (Å²) in [4.78, 5) is 6.50. The van der Waals surface area contributed by atoms with Crippen LogP contribution in [0.25, 0.3) is 43.1 Å². The molecule has 0 bridgehead atoms. The minimum atomic E-state index is 0. The van der Waals surface area contributed by atoms with E-state index in [1.54, 1.807) is 39.9 Å². The van der Waals surface area contributed by atoms with Crippen LogP contribution >= 0.6 is 0 Å². The van der Waals surface area contributed by atoms with Crippen molar-refractivity contribution in [3.63, 3.8) is 0 Å². The van der Waals surface area contributed by atoms with E-state index in [1.165, 1.54) is 110 Å². The number of rotatable bonds is 0. The molecule has 54 heavy (non-hydrogen) atoms. The van der Waals surface area contributed by atoms with Gasteiger partial charge in [-0.15, -0.1) is 162 Å². The molecular weight excluding hydrogens is 767 g/mol. The van der Waals surface area contributed by atoms with Gasteiger partial charge >= 0.3 is 49.6 Å². The van der Waals surface area contributed by atoms with Crippen LogP contribution in [0.5, 0.6) is 0 Å². The molecule has 0 aliphatic carbocycles. The topological polar surface area (TPSA) is 0 Å². The van der Waals surface area contributed by atoms with Crippen molar-refractivity contribution in [2.24, 2.45) is 0 Å². The molecule has 0 spiro atoms. The third-order valence-corrected chi connectivity index (χ3v) is 10.3. The van der Waals surface area contributed by atoms with Crippen LogP contribution in [-0.4, -0.2) is 9.63 Å². The number of fused-ring (bicyclic) bond motifs is 4. The monoisotopic (exact) mass is 822 g/mol. The predicted octanol–water partition coefficient (Wildman–Crippen LogP) is 7.87. The summed E-state index contributed by atoms with van der Waals surface area (Å²) in [6.45, 7) is 26.0. The van der Waals surface area contributed by atoms with Gasteiger partial charge in [-0.1, -0.05) is 77.6 Å². The van der Waals surface area contributed by atoms with Gasteiger partial charge in [0.2, 0.25) is 0 Å². The van der Waals surface area contributed by atoms with Gasteiger partial charge in [-0.2, -0.15) is 22.3 Å². The Morgan fingerprint density at radius 2 is 0.481 bits per heavy atom. The van der Waals surface area contributed by atoms with E-state index < -0.39 is 0 Å². The van der Waals surface area contributed by atoms with Gasteiger partial charge in [0.15, 0.2) is 0 Å². The second-order valence-corrected chi connectivity index (χ2v) is 14.2. The Kier molecular flexibility index (Phi) is 20.5. The summed E-state index contributed by atoms with van der Waals surface area (Å²) >= 11 is 3.50. The molecule has 0 N–H and O–H groups in total. The molecule has 0 saturated heterocycles. The fourth-order valence-electron chi connectivity index (χ4n) is 6.70. The van der Waals surface area contributed by atoms with Crippen LogP contribution in [0.3, 0.4) is 0 Å². The average molecular weight is 824 g/mol. The van der Waals surface area contributed by atoms with Gasteiger partial charge in [0.1, 0.15) is 0 Å². The SMILES string of the molecule is Cc1ccc2[cH-]c(C)c(C)c2c1.Cc1ccc2[cH-]c(C)c(C)c2c1.Cc1ccc2[cH-]c(C)c(C)c2c1.Cc1ccc2[cH-]c(C)c(C)c2c1.[CH2]=[Ti+2].[CH2]=[Ti+2].[Cl-].[Cl-]. The summed E-state index contributed by atoms with van der Waals surface area (Å²) in [5.41, 5.74) is 16.7. The zero-order valence-electron chi connectivity index (χ0n) is 34.4. The molecule has 0 fully saturated rings. The van der Waals surface area contributed by atoms with Crippen molar-refractivity contribution >= 4 is 52.7 Å². The molecule has 280 valence electrons. The van der Waals surface area contributed by atoms with Crippen molar-refractivity contribution in [1.29, 1.82) is 0 Å². The quantitative estimate of drug-likeness (QED) is 0.108. The van der Waals surface area contributed by atoms with Gasteiger partial charge in [-0.3, -0.25) is 0 Å². The van der Waals surface area contributed by atoms with Crippen LogP contribution < -0.4 is 24.8 Å². The van der Waals surface area contributed by atoms with Crippen molar-refractivity contribution in [1.82, 2.24) is 0 Å². The number of aryl methyl sites for hydroxylation is 12. The first kappa shape index (κ1) is 49.1. The zero-order chi connectivity index (χ0) is 38.9. The van der Waals surface area contributed by atoms with E-state index in [1.807, 2.05) is 0 Å². The van der Waals surface area contributed by atoms with Crippen molar-refractivity contribution in [3.8, 4) is 0 Å². The summed E-state index contributed by atoms with van der Waals surface area (Å²) in [7, 11) is 0. The standard InChI is InChI=1S/4C12H13.2CH2.2ClH.2Ti/c4*1-8-4-5-11-7-9(2)10(3)12(11)6-8;;;;;;/h4*4-7H,1-3H3;2*1H2;2*1H;;/q4*-1;;;;;2*+2/p-2. The molecule has 0 radical (unpaired) electrons. The third-order valence-electron chi connectivity index (χ3n) is 10.3. The average Bonchev–Trinajstić information content (AvgIpc) is 3.79. The predicted molar refractivity (Wildman–Crippen MR) is 229 cm³/mol. The molecule has 0 aromatic heterocycles. The van der Waals surface area contributed by atoms with E-state index in [9.17, 15) is 0 Å². The molecule has 0 nitrogen and oxygen atoms in total. The van der Waals surface area contributed by atoms with Gasteiger partial charge < -0.3 is 24.8 Å². The Hall–Kier alpha value is -2.93. The molecule has 8 aromatic rings. The number of hydrogen-bond donors (Lipinski definition) is 0. The van der Waals surface area contributed by atoms with Crippen molar-refractivity contribution in [2.75, 3.05) is 0 Å². The summed E-state index contributed by atoms with van der Waals surface area (Å²) < 4.78 is 0. The van der Waals surface area contributed by atoms with E-state index >= 15 is 0 Å². The zero-order valence-corrected chi connectivity index (χ0v) is 39.0. The van der Waals surface area contributed by atoms with Crippen molar-refractivity contribution < 1.29 is 64.8 Å². The molecule has 0 saturated carbocycles. The van der Waals surface area contributed by atoms with Crippen LogP contribution in [0.4, 0.5) is 0 Å². The Morgan fingerprint density at radius 1 is 0.315 bits per heavy atom. The maximum atomic E-state index is 3.25. The van der Waals surface area contributed by atoms with Crippen molar-refractivity contribution in [2.45, 2.75) is 83.1 Å². The molecule has 8 rings (SSSR count). The Morgan fingerprint density at radius 3 is 0.648 bits per heavy atom. The fourth-order valence-corrected chi connectivity index (χ4v) is 6.70. The second kappa shape index (κ2) is 22.6. The Labute approximate surface area is 361 Å². The maximum Gasteiger partial charge on any atom is -1.00 e. The van der Waals surface area contributed by atoms with Gasteiger partial charge in [0, 0.05) is 0 Å². The number of halogens is 2. The largest absolute Gasteiger partial charge is 1.00 e. The summed E-state index contributed by atoms with van der Waals surface area (Å²) in [6, 6.07) is 35.5. The van der Waals surface area contributed by atoms with Crippen LogP contribution in [0, 0.1) is 83.1 Å². The van der Waals surface area contributed by atoms with Crippen LogP contribution in [0.2, 0.25) is 0 Å². The first-order valence-electron chi connectivity index (χ1n) is 18.0. The van der Waals surface area contributed by atoms with Gasteiger partial charge in [0.25, 0.3) is 0 Å². The minimum Gasteiger partial charge on any atom is -1.00 e.